The smallest absolute Gasteiger partial charge is 0.243 e. The Morgan fingerprint density at radius 2 is 1.78 bits per heavy atom. The number of sulfonamides is 1. The van der Waals surface area contributed by atoms with Gasteiger partial charge < -0.3 is 4.74 Å². The van der Waals surface area contributed by atoms with Gasteiger partial charge in [-0.1, -0.05) is 36.2 Å². The molecule has 2 aliphatic rings. The third kappa shape index (κ3) is 4.48. The largest absolute Gasteiger partial charge is 0.493 e. The van der Waals surface area contributed by atoms with E-state index in [1.54, 1.807) is 22.5 Å². The van der Waals surface area contributed by atoms with Gasteiger partial charge in [0.15, 0.2) is 0 Å². The van der Waals surface area contributed by atoms with Gasteiger partial charge in [0.25, 0.3) is 0 Å². The van der Waals surface area contributed by atoms with Crippen molar-refractivity contribution in [3.05, 3.63) is 59.1 Å². The molecule has 0 radical (unpaired) electrons. The number of halogens is 1. The highest BCUT2D eigenvalue weighted by Gasteiger charge is 2.38. The van der Waals surface area contributed by atoms with E-state index in [1.807, 2.05) is 24.3 Å². The van der Waals surface area contributed by atoms with E-state index in [0.29, 0.717) is 17.5 Å². The van der Waals surface area contributed by atoms with E-state index in [-0.39, 0.29) is 10.9 Å². The topological polar surface area (TPSA) is 46.6 Å². The van der Waals surface area contributed by atoms with Gasteiger partial charge in [-0.2, -0.15) is 4.31 Å². The first-order valence-corrected chi connectivity index (χ1v) is 11.3. The van der Waals surface area contributed by atoms with Crippen LogP contribution in [0.25, 0.3) is 0 Å². The first kappa shape index (κ1) is 18.8. The summed E-state index contributed by atoms with van der Waals surface area (Å²) in [6.45, 7) is 1.14. The molecule has 2 saturated carbocycles. The number of hydrogen-bond acceptors (Lipinski definition) is 3. The summed E-state index contributed by atoms with van der Waals surface area (Å²) in [6.07, 6.45) is 5.64. The highest BCUT2D eigenvalue weighted by atomic mass is 35.5. The maximum absolute atomic E-state index is 13.1. The average Bonchev–Trinajstić information content (AvgIpc) is 3.44. The summed E-state index contributed by atoms with van der Waals surface area (Å²) in [5, 5.41) is 0.430. The van der Waals surface area contributed by atoms with Crippen LogP contribution in [0.5, 0.6) is 5.75 Å². The maximum Gasteiger partial charge on any atom is 0.243 e. The van der Waals surface area contributed by atoms with Crippen LogP contribution < -0.4 is 4.74 Å². The van der Waals surface area contributed by atoms with Crippen molar-refractivity contribution in [2.45, 2.75) is 49.6 Å². The van der Waals surface area contributed by atoms with Crippen molar-refractivity contribution in [3.8, 4) is 5.75 Å². The van der Waals surface area contributed by atoms with E-state index in [9.17, 15) is 8.42 Å². The van der Waals surface area contributed by atoms with Crippen molar-refractivity contribution in [2.75, 3.05) is 6.61 Å². The summed E-state index contributed by atoms with van der Waals surface area (Å²) < 4.78 is 33.6. The minimum absolute atomic E-state index is 0.0727. The molecular formula is C21H24ClNO3S. The molecule has 0 spiro atoms. The molecule has 2 fully saturated rings. The molecule has 0 heterocycles. The van der Waals surface area contributed by atoms with E-state index in [2.05, 4.69) is 0 Å². The molecule has 144 valence electrons. The van der Waals surface area contributed by atoms with Gasteiger partial charge >= 0.3 is 0 Å². The molecule has 0 N–H and O–H groups in total. The SMILES string of the molecule is O=S(=O)(c1cccc(Cl)c1)N(Cc1ccc(OCC2CCC2)cc1)C1CC1. The highest BCUT2D eigenvalue weighted by molar-refractivity contribution is 7.89. The van der Waals surface area contributed by atoms with Gasteiger partial charge in [-0.25, -0.2) is 8.42 Å². The summed E-state index contributed by atoms with van der Waals surface area (Å²) >= 11 is 6.00. The van der Waals surface area contributed by atoms with Crippen molar-refractivity contribution in [1.82, 2.24) is 4.31 Å². The summed E-state index contributed by atoms with van der Waals surface area (Å²) in [6, 6.07) is 14.3. The number of rotatable bonds is 8. The Kier molecular flexibility index (Phi) is 5.44. The lowest BCUT2D eigenvalue weighted by Crippen LogP contribution is -2.32. The van der Waals surface area contributed by atoms with E-state index < -0.39 is 10.0 Å². The molecule has 0 aromatic heterocycles. The Bertz CT molecular complexity index is 890. The highest BCUT2D eigenvalue weighted by Crippen LogP contribution is 2.34. The van der Waals surface area contributed by atoms with Crippen molar-refractivity contribution in [2.24, 2.45) is 5.92 Å². The lowest BCUT2D eigenvalue weighted by Gasteiger charge is -2.25. The molecule has 4 rings (SSSR count). The Balaban J connectivity index is 1.46. The molecule has 0 bridgehead atoms. The molecule has 2 aromatic rings. The molecule has 0 saturated heterocycles. The standard InChI is InChI=1S/C21H24ClNO3S/c22-18-5-2-6-21(13-18)27(24,25)23(19-9-10-19)14-16-7-11-20(12-8-16)26-15-17-3-1-4-17/h2,5-8,11-13,17,19H,1,3-4,9-10,14-15H2. The quantitative estimate of drug-likeness (QED) is 0.629. The fourth-order valence-electron chi connectivity index (χ4n) is 3.28. The van der Waals surface area contributed by atoms with Gasteiger partial charge in [-0.05, 0) is 67.5 Å². The predicted octanol–water partition coefficient (Wildman–Crippen LogP) is 4.87. The molecule has 4 nitrogen and oxygen atoms in total. The van der Waals surface area contributed by atoms with Crippen LogP contribution in [-0.2, 0) is 16.6 Å². The number of hydrogen-bond donors (Lipinski definition) is 0. The Morgan fingerprint density at radius 1 is 1.04 bits per heavy atom. The van der Waals surface area contributed by atoms with Gasteiger partial charge in [-0.15, -0.1) is 0 Å². The van der Waals surface area contributed by atoms with E-state index in [1.165, 1.54) is 25.3 Å². The van der Waals surface area contributed by atoms with Crippen LogP contribution >= 0.6 is 11.6 Å². The van der Waals surface area contributed by atoms with Gasteiger partial charge in [0.1, 0.15) is 5.75 Å². The van der Waals surface area contributed by atoms with Crippen molar-refractivity contribution in [1.29, 1.82) is 0 Å². The molecule has 27 heavy (non-hydrogen) atoms. The van der Waals surface area contributed by atoms with Gasteiger partial charge in [0.05, 0.1) is 11.5 Å². The Morgan fingerprint density at radius 3 is 2.37 bits per heavy atom. The third-order valence-corrected chi connectivity index (χ3v) is 7.46. The molecule has 0 amide bonds. The van der Waals surface area contributed by atoms with Crippen LogP contribution in [0.3, 0.4) is 0 Å². The van der Waals surface area contributed by atoms with Crippen molar-refractivity contribution >= 4 is 21.6 Å². The summed E-state index contributed by atoms with van der Waals surface area (Å²) in [7, 11) is -3.57. The van der Waals surface area contributed by atoms with Gasteiger partial charge in [0, 0.05) is 17.6 Å². The first-order chi connectivity index (χ1) is 13.0. The van der Waals surface area contributed by atoms with E-state index >= 15 is 0 Å². The maximum atomic E-state index is 13.1. The number of benzene rings is 2. The zero-order valence-electron chi connectivity index (χ0n) is 15.2. The average molecular weight is 406 g/mol. The molecule has 2 aromatic carbocycles. The zero-order chi connectivity index (χ0) is 18.9. The second-order valence-corrected chi connectivity index (χ2v) is 9.82. The van der Waals surface area contributed by atoms with Crippen LogP contribution in [-0.4, -0.2) is 25.4 Å². The fraction of sp³-hybridized carbons (Fsp3) is 0.429. The first-order valence-electron chi connectivity index (χ1n) is 9.51. The molecule has 6 heteroatoms. The summed E-state index contributed by atoms with van der Waals surface area (Å²) in [5.41, 5.74) is 0.962. The van der Waals surface area contributed by atoms with Crippen molar-refractivity contribution in [3.63, 3.8) is 0 Å². The molecular weight excluding hydrogens is 382 g/mol. The van der Waals surface area contributed by atoms with Crippen LogP contribution in [0.15, 0.2) is 53.4 Å². The van der Waals surface area contributed by atoms with Crippen LogP contribution in [0.1, 0.15) is 37.7 Å². The molecule has 0 aliphatic heterocycles. The molecule has 0 atom stereocenters. The second kappa shape index (κ2) is 7.82. The Labute approximate surface area is 166 Å². The minimum Gasteiger partial charge on any atom is -0.493 e. The summed E-state index contributed by atoms with van der Waals surface area (Å²) in [4.78, 5) is 0.252. The Hall–Kier alpha value is -1.56. The second-order valence-electron chi connectivity index (χ2n) is 7.49. The van der Waals surface area contributed by atoms with E-state index in [4.69, 9.17) is 16.3 Å². The zero-order valence-corrected chi connectivity index (χ0v) is 16.8. The minimum atomic E-state index is -3.57. The lowest BCUT2D eigenvalue weighted by molar-refractivity contribution is 0.180. The number of nitrogens with zero attached hydrogens (tertiary/aromatic N) is 1. The van der Waals surface area contributed by atoms with Gasteiger partial charge in [-0.3, -0.25) is 0 Å². The predicted molar refractivity (Wildman–Crippen MR) is 106 cm³/mol. The number of ether oxygens (including phenoxy) is 1. The third-order valence-electron chi connectivity index (χ3n) is 5.33. The fourth-order valence-corrected chi connectivity index (χ4v) is 5.25. The van der Waals surface area contributed by atoms with E-state index in [0.717, 1.165) is 30.8 Å². The normalized spacial score (nSPS) is 17.7. The van der Waals surface area contributed by atoms with Crippen LogP contribution in [0.2, 0.25) is 5.02 Å². The molecule has 0 unspecified atom stereocenters. The monoisotopic (exact) mass is 405 g/mol. The van der Waals surface area contributed by atoms with Crippen LogP contribution in [0.4, 0.5) is 0 Å². The lowest BCUT2D eigenvalue weighted by atomic mass is 9.86. The van der Waals surface area contributed by atoms with Crippen LogP contribution in [0, 0.1) is 5.92 Å². The molecule has 2 aliphatic carbocycles. The summed E-state index contributed by atoms with van der Waals surface area (Å²) in [5.74, 6) is 1.54. The van der Waals surface area contributed by atoms with Crippen molar-refractivity contribution < 1.29 is 13.2 Å². The van der Waals surface area contributed by atoms with Gasteiger partial charge in [0.2, 0.25) is 10.0 Å².